The van der Waals surface area contributed by atoms with Gasteiger partial charge in [0.1, 0.15) is 0 Å². The van der Waals surface area contributed by atoms with Crippen LogP contribution in [0.2, 0.25) is 5.02 Å². The molecule has 0 aromatic heterocycles. The van der Waals surface area contributed by atoms with Crippen LogP contribution in [0.1, 0.15) is 5.56 Å². The lowest BCUT2D eigenvalue weighted by atomic mass is 10.2. The van der Waals surface area contributed by atoms with Gasteiger partial charge in [0.2, 0.25) is 6.08 Å². The third kappa shape index (κ3) is 1.75. The molecule has 12 heavy (non-hydrogen) atoms. The Labute approximate surface area is 83.4 Å². The molecule has 0 aliphatic rings. The van der Waals surface area contributed by atoms with E-state index in [-0.39, 0.29) is 0 Å². The van der Waals surface area contributed by atoms with Crippen molar-refractivity contribution in [3.8, 4) is 0 Å². The Hall–Kier alpha value is -0.630. The summed E-state index contributed by atoms with van der Waals surface area (Å²) in [6.45, 7) is 1.84. The molecular weight excluding hydrogens is 241 g/mol. The van der Waals surface area contributed by atoms with Crippen molar-refractivity contribution in [2.24, 2.45) is 4.99 Å². The number of carbonyl (C=O) groups excluding carboxylic acids is 1. The molecule has 1 rings (SSSR count). The highest BCUT2D eigenvalue weighted by Gasteiger charge is 2.05. The number of benzene rings is 1. The molecule has 0 unspecified atom stereocenters. The summed E-state index contributed by atoms with van der Waals surface area (Å²) >= 11 is 9.01. The summed E-state index contributed by atoms with van der Waals surface area (Å²) in [7, 11) is 0. The van der Waals surface area contributed by atoms with Gasteiger partial charge in [-0.05, 0) is 34.5 Å². The van der Waals surface area contributed by atoms with E-state index < -0.39 is 0 Å². The lowest BCUT2D eigenvalue weighted by molar-refractivity contribution is 0.565. The molecule has 0 bridgehead atoms. The summed E-state index contributed by atoms with van der Waals surface area (Å²) in [5.41, 5.74) is 1.42. The van der Waals surface area contributed by atoms with Crippen LogP contribution in [0.25, 0.3) is 0 Å². The van der Waals surface area contributed by atoms with Gasteiger partial charge < -0.3 is 0 Å². The van der Waals surface area contributed by atoms with E-state index in [1.165, 1.54) is 6.08 Å². The van der Waals surface area contributed by atoms with Gasteiger partial charge in [-0.2, -0.15) is 4.99 Å². The summed E-state index contributed by atoms with van der Waals surface area (Å²) in [6, 6.07) is 3.54. The van der Waals surface area contributed by atoms with Gasteiger partial charge in [-0.1, -0.05) is 17.7 Å². The maximum absolute atomic E-state index is 10.0. The number of aryl methyl sites for hydroxylation is 1. The SMILES string of the molecule is Cc1ccc(Cl)c(Br)c1N=C=O. The molecule has 0 heterocycles. The Kier molecular flexibility index (Phi) is 3.04. The monoisotopic (exact) mass is 245 g/mol. The fraction of sp³-hybridized carbons (Fsp3) is 0.125. The summed E-state index contributed by atoms with van der Waals surface area (Å²) in [4.78, 5) is 13.6. The van der Waals surface area contributed by atoms with Crippen LogP contribution in [0.4, 0.5) is 5.69 Å². The lowest BCUT2D eigenvalue weighted by Crippen LogP contribution is -1.77. The second kappa shape index (κ2) is 3.85. The van der Waals surface area contributed by atoms with Crippen molar-refractivity contribution in [2.45, 2.75) is 6.92 Å². The number of aliphatic imine (C=N–C) groups is 1. The number of nitrogens with zero attached hydrogens (tertiary/aromatic N) is 1. The van der Waals surface area contributed by atoms with Gasteiger partial charge in [0, 0.05) is 0 Å². The minimum atomic E-state index is 0.537. The predicted octanol–water partition coefficient (Wildman–Crippen LogP) is 3.38. The van der Waals surface area contributed by atoms with Crippen LogP contribution in [0, 0.1) is 6.92 Å². The summed E-state index contributed by atoms with van der Waals surface area (Å²) in [5, 5.41) is 0.537. The first kappa shape index (κ1) is 9.46. The summed E-state index contributed by atoms with van der Waals surface area (Å²) in [6.07, 6.45) is 1.48. The van der Waals surface area contributed by atoms with Gasteiger partial charge in [-0.25, -0.2) is 4.79 Å². The zero-order chi connectivity index (χ0) is 9.14. The zero-order valence-corrected chi connectivity index (χ0v) is 8.61. The number of rotatable bonds is 1. The summed E-state index contributed by atoms with van der Waals surface area (Å²) in [5.74, 6) is 0. The number of isocyanates is 1. The van der Waals surface area contributed by atoms with Crippen molar-refractivity contribution in [2.75, 3.05) is 0 Å². The smallest absolute Gasteiger partial charge is 0.211 e. The average molecular weight is 246 g/mol. The van der Waals surface area contributed by atoms with Crippen LogP contribution in [-0.4, -0.2) is 6.08 Å². The van der Waals surface area contributed by atoms with E-state index in [9.17, 15) is 4.79 Å². The van der Waals surface area contributed by atoms with Gasteiger partial charge in [-0.15, -0.1) is 0 Å². The van der Waals surface area contributed by atoms with E-state index in [4.69, 9.17) is 11.6 Å². The summed E-state index contributed by atoms with van der Waals surface area (Å²) < 4.78 is 0.632. The van der Waals surface area contributed by atoms with Crippen LogP contribution in [-0.2, 0) is 4.79 Å². The molecule has 0 saturated heterocycles. The van der Waals surface area contributed by atoms with Crippen molar-refractivity contribution in [3.63, 3.8) is 0 Å². The zero-order valence-electron chi connectivity index (χ0n) is 6.27. The molecule has 1 aromatic rings. The van der Waals surface area contributed by atoms with Crippen LogP contribution in [0.3, 0.4) is 0 Å². The van der Waals surface area contributed by atoms with Crippen molar-refractivity contribution < 1.29 is 4.79 Å². The van der Waals surface area contributed by atoms with Crippen LogP contribution in [0.15, 0.2) is 21.6 Å². The van der Waals surface area contributed by atoms with Gasteiger partial charge in [0.05, 0.1) is 15.2 Å². The minimum Gasteiger partial charge on any atom is -0.211 e. The second-order valence-corrected chi connectivity index (χ2v) is 3.43. The van der Waals surface area contributed by atoms with Crippen molar-refractivity contribution >= 4 is 39.3 Å². The predicted molar refractivity (Wildman–Crippen MR) is 51.7 cm³/mol. The third-order valence-corrected chi connectivity index (χ3v) is 2.77. The van der Waals surface area contributed by atoms with Crippen molar-refractivity contribution in [1.29, 1.82) is 0 Å². The van der Waals surface area contributed by atoms with Crippen LogP contribution < -0.4 is 0 Å². The van der Waals surface area contributed by atoms with Gasteiger partial charge in [0.25, 0.3) is 0 Å². The Bertz CT molecular complexity index is 358. The molecule has 0 fully saturated rings. The Morgan fingerprint density at radius 1 is 1.58 bits per heavy atom. The van der Waals surface area contributed by atoms with Crippen molar-refractivity contribution in [3.05, 3.63) is 27.2 Å². The highest BCUT2D eigenvalue weighted by atomic mass is 79.9. The molecule has 0 aliphatic heterocycles. The highest BCUT2D eigenvalue weighted by Crippen LogP contribution is 2.34. The number of hydrogen-bond acceptors (Lipinski definition) is 2. The standard InChI is InChI=1S/C8H5BrClNO/c1-5-2-3-6(10)7(9)8(5)11-4-12/h2-3H,1H3. The first-order valence-corrected chi connectivity index (χ1v) is 4.36. The average Bonchev–Trinajstić information content (AvgIpc) is 2.06. The van der Waals surface area contributed by atoms with E-state index in [0.717, 1.165) is 5.56 Å². The molecule has 0 saturated carbocycles. The molecule has 62 valence electrons. The molecule has 0 N–H and O–H groups in total. The number of halogens is 2. The second-order valence-electron chi connectivity index (χ2n) is 2.23. The van der Waals surface area contributed by atoms with E-state index in [0.29, 0.717) is 15.2 Å². The molecule has 0 aliphatic carbocycles. The largest absolute Gasteiger partial charge is 0.240 e. The maximum Gasteiger partial charge on any atom is 0.240 e. The first-order valence-electron chi connectivity index (χ1n) is 3.19. The van der Waals surface area contributed by atoms with Crippen LogP contribution >= 0.6 is 27.5 Å². The Balaban J connectivity index is 3.42. The van der Waals surface area contributed by atoms with E-state index in [2.05, 4.69) is 20.9 Å². The van der Waals surface area contributed by atoms with Gasteiger partial charge in [-0.3, -0.25) is 0 Å². The molecule has 0 spiro atoms. The van der Waals surface area contributed by atoms with E-state index >= 15 is 0 Å². The lowest BCUT2D eigenvalue weighted by Gasteiger charge is -2.01. The quantitative estimate of drug-likeness (QED) is 0.552. The third-order valence-electron chi connectivity index (χ3n) is 1.43. The molecule has 0 atom stereocenters. The van der Waals surface area contributed by atoms with Gasteiger partial charge in [0.15, 0.2) is 0 Å². The Morgan fingerprint density at radius 2 is 2.25 bits per heavy atom. The molecular formula is C8H5BrClNO. The topological polar surface area (TPSA) is 29.4 Å². The van der Waals surface area contributed by atoms with E-state index in [1.54, 1.807) is 12.1 Å². The molecule has 0 amide bonds. The van der Waals surface area contributed by atoms with Crippen LogP contribution in [0.5, 0.6) is 0 Å². The number of hydrogen-bond donors (Lipinski definition) is 0. The van der Waals surface area contributed by atoms with E-state index in [1.807, 2.05) is 6.92 Å². The first-order chi connectivity index (χ1) is 5.66. The minimum absolute atomic E-state index is 0.537. The normalized spacial score (nSPS) is 9.25. The van der Waals surface area contributed by atoms with Gasteiger partial charge >= 0.3 is 0 Å². The highest BCUT2D eigenvalue weighted by molar-refractivity contribution is 9.10. The molecule has 1 aromatic carbocycles. The fourth-order valence-electron chi connectivity index (χ4n) is 0.819. The molecule has 4 heteroatoms. The molecule has 2 nitrogen and oxygen atoms in total. The van der Waals surface area contributed by atoms with Crippen molar-refractivity contribution in [1.82, 2.24) is 0 Å². The fourth-order valence-corrected chi connectivity index (χ4v) is 1.51. The Morgan fingerprint density at radius 3 is 2.83 bits per heavy atom. The molecule has 0 radical (unpaired) electrons. The maximum atomic E-state index is 10.0.